The molecule has 2 aromatic heterocycles. The molecule has 0 N–H and O–H groups in total. The molecule has 0 bridgehead atoms. The van der Waals surface area contributed by atoms with E-state index < -0.39 is 17.5 Å². The monoisotopic (exact) mass is 257 g/mol. The molecule has 1 atom stereocenters. The van der Waals surface area contributed by atoms with Crippen LogP contribution in [0.5, 0.6) is 0 Å². The summed E-state index contributed by atoms with van der Waals surface area (Å²) in [5, 5.41) is 4.04. The molecule has 1 unspecified atom stereocenters. The quantitative estimate of drug-likeness (QED) is 0.452. The molecule has 1 saturated carbocycles. The Morgan fingerprint density at radius 1 is 1.32 bits per heavy atom. The van der Waals surface area contributed by atoms with Crippen molar-refractivity contribution >= 4 is 22.9 Å². The van der Waals surface area contributed by atoms with E-state index in [9.17, 15) is 14.4 Å². The topological polar surface area (TPSA) is 81.4 Å². The van der Waals surface area contributed by atoms with Crippen molar-refractivity contribution in [3.63, 3.8) is 0 Å². The second kappa shape index (κ2) is 4.38. The van der Waals surface area contributed by atoms with Gasteiger partial charge >= 0.3 is 0 Å². The molecule has 0 aliphatic heterocycles. The summed E-state index contributed by atoms with van der Waals surface area (Å²) in [6.07, 6.45) is 7.39. The van der Waals surface area contributed by atoms with Crippen LogP contribution in [0.25, 0.3) is 5.52 Å². The minimum Gasteiger partial charge on any atom is -0.293 e. The van der Waals surface area contributed by atoms with Gasteiger partial charge in [-0.1, -0.05) is 0 Å². The van der Waals surface area contributed by atoms with E-state index in [1.807, 2.05) is 0 Å². The third-order valence-electron chi connectivity index (χ3n) is 3.39. The van der Waals surface area contributed by atoms with Crippen molar-refractivity contribution in [1.29, 1.82) is 0 Å². The second-order valence-electron chi connectivity index (χ2n) is 4.56. The lowest BCUT2D eigenvalue weighted by Crippen LogP contribution is -2.34. The number of hydrogen-bond donors (Lipinski definition) is 0. The smallest absolute Gasteiger partial charge is 0.209 e. The van der Waals surface area contributed by atoms with Gasteiger partial charge in [-0.2, -0.15) is 5.10 Å². The lowest BCUT2D eigenvalue weighted by Gasteiger charge is -2.17. The molecular formula is C13H11N3O3. The van der Waals surface area contributed by atoms with Crippen molar-refractivity contribution in [3.05, 3.63) is 30.4 Å². The van der Waals surface area contributed by atoms with Crippen molar-refractivity contribution in [2.45, 2.75) is 19.3 Å². The predicted octanol–water partition coefficient (Wildman–Crippen LogP) is 0.850. The van der Waals surface area contributed by atoms with E-state index in [0.29, 0.717) is 23.9 Å². The molecule has 6 heteroatoms. The molecule has 1 fully saturated rings. The summed E-state index contributed by atoms with van der Waals surface area (Å²) in [6, 6.07) is 0. The highest BCUT2D eigenvalue weighted by molar-refractivity contribution is 6.43. The molecule has 1 aliphatic carbocycles. The van der Waals surface area contributed by atoms with Crippen molar-refractivity contribution in [1.82, 2.24) is 14.6 Å². The zero-order valence-corrected chi connectivity index (χ0v) is 10.1. The Kier molecular flexibility index (Phi) is 2.70. The molecule has 0 amide bonds. The highest BCUT2D eigenvalue weighted by atomic mass is 16.2. The van der Waals surface area contributed by atoms with Gasteiger partial charge < -0.3 is 0 Å². The third kappa shape index (κ3) is 1.85. The molecule has 2 aromatic rings. The average molecular weight is 257 g/mol. The zero-order chi connectivity index (χ0) is 13.4. The summed E-state index contributed by atoms with van der Waals surface area (Å²) in [5.41, 5.74) is 0.902. The van der Waals surface area contributed by atoms with Gasteiger partial charge in [-0.25, -0.2) is 4.52 Å². The number of carbonyl (C=O) groups is 3. The maximum atomic E-state index is 12.4. The first-order chi connectivity index (χ1) is 9.18. The lowest BCUT2D eigenvalue weighted by molar-refractivity contribution is -0.139. The molecule has 3 rings (SSSR count). The molecule has 0 spiro atoms. The fourth-order valence-corrected chi connectivity index (χ4v) is 2.38. The standard InChI is InChI=1S/C13H11N3O3/c17-11-3-1-2-8(13(11)19)12(18)9-6-15-16-5-4-14-7-10(9)16/h4-8H,1-3H2. The Hall–Kier alpha value is -2.37. The summed E-state index contributed by atoms with van der Waals surface area (Å²) in [5.74, 6) is -2.20. The SMILES string of the molecule is O=C1CCCC(C(=O)c2cnn3ccncc23)C1=O. The van der Waals surface area contributed by atoms with Gasteiger partial charge in [-0.05, 0) is 12.8 Å². The third-order valence-corrected chi connectivity index (χ3v) is 3.39. The van der Waals surface area contributed by atoms with Gasteiger partial charge in [-0.3, -0.25) is 19.4 Å². The van der Waals surface area contributed by atoms with Gasteiger partial charge in [0, 0.05) is 18.8 Å². The number of nitrogens with zero attached hydrogens (tertiary/aromatic N) is 3. The van der Waals surface area contributed by atoms with Crippen LogP contribution in [0.15, 0.2) is 24.8 Å². The second-order valence-corrected chi connectivity index (χ2v) is 4.56. The molecule has 1 aliphatic rings. The minimum absolute atomic E-state index is 0.249. The Morgan fingerprint density at radius 3 is 3.00 bits per heavy atom. The number of aromatic nitrogens is 3. The molecule has 2 heterocycles. The van der Waals surface area contributed by atoms with E-state index in [1.165, 1.54) is 16.9 Å². The highest BCUT2D eigenvalue weighted by Crippen LogP contribution is 2.24. The summed E-state index contributed by atoms with van der Waals surface area (Å²) in [7, 11) is 0. The highest BCUT2D eigenvalue weighted by Gasteiger charge is 2.36. The number of Topliss-reactive ketones (excluding diaryl/α,β-unsaturated/α-hetero) is 3. The first-order valence-electron chi connectivity index (χ1n) is 6.07. The van der Waals surface area contributed by atoms with Crippen LogP contribution in [0, 0.1) is 5.92 Å². The number of fused-ring (bicyclic) bond motifs is 1. The van der Waals surface area contributed by atoms with Crippen molar-refractivity contribution in [2.24, 2.45) is 5.92 Å². The van der Waals surface area contributed by atoms with E-state index in [1.54, 1.807) is 12.4 Å². The van der Waals surface area contributed by atoms with Crippen LogP contribution in [-0.4, -0.2) is 31.9 Å². The van der Waals surface area contributed by atoms with Gasteiger partial charge in [-0.15, -0.1) is 0 Å². The van der Waals surface area contributed by atoms with E-state index in [2.05, 4.69) is 10.1 Å². The Morgan fingerprint density at radius 2 is 2.16 bits per heavy atom. The molecule has 0 radical (unpaired) electrons. The summed E-state index contributed by atoms with van der Waals surface area (Å²) < 4.78 is 1.52. The number of ketones is 3. The summed E-state index contributed by atoms with van der Waals surface area (Å²) in [4.78, 5) is 39.5. The molecule has 0 aromatic carbocycles. The normalized spacial score (nSPS) is 19.9. The van der Waals surface area contributed by atoms with Gasteiger partial charge in [0.15, 0.2) is 11.6 Å². The zero-order valence-electron chi connectivity index (χ0n) is 10.1. The fraction of sp³-hybridized carbons (Fsp3) is 0.308. The predicted molar refractivity (Wildman–Crippen MR) is 64.7 cm³/mol. The minimum atomic E-state index is -0.852. The van der Waals surface area contributed by atoms with Crippen LogP contribution in [0.3, 0.4) is 0 Å². The maximum absolute atomic E-state index is 12.4. The summed E-state index contributed by atoms with van der Waals surface area (Å²) >= 11 is 0. The first kappa shape index (κ1) is 11.7. The van der Waals surface area contributed by atoms with Crippen molar-refractivity contribution < 1.29 is 14.4 Å². The molecule has 19 heavy (non-hydrogen) atoms. The van der Waals surface area contributed by atoms with Crippen LogP contribution in [0.1, 0.15) is 29.6 Å². The van der Waals surface area contributed by atoms with Gasteiger partial charge in [0.2, 0.25) is 5.78 Å². The van der Waals surface area contributed by atoms with Crippen LogP contribution in [-0.2, 0) is 9.59 Å². The molecule has 96 valence electrons. The Labute approximate surface area is 108 Å². The van der Waals surface area contributed by atoms with E-state index in [-0.39, 0.29) is 12.2 Å². The van der Waals surface area contributed by atoms with E-state index in [0.717, 1.165) is 0 Å². The maximum Gasteiger partial charge on any atom is 0.209 e. The molecule has 0 saturated heterocycles. The van der Waals surface area contributed by atoms with Gasteiger partial charge in [0.05, 0.1) is 29.4 Å². The largest absolute Gasteiger partial charge is 0.293 e. The van der Waals surface area contributed by atoms with Crippen LogP contribution < -0.4 is 0 Å². The van der Waals surface area contributed by atoms with E-state index >= 15 is 0 Å². The first-order valence-corrected chi connectivity index (χ1v) is 6.07. The van der Waals surface area contributed by atoms with Crippen molar-refractivity contribution in [2.75, 3.05) is 0 Å². The van der Waals surface area contributed by atoms with Gasteiger partial charge in [0.25, 0.3) is 0 Å². The molecular weight excluding hydrogens is 246 g/mol. The fourth-order valence-electron chi connectivity index (χ4n) is 2.38. The average Bonchev–Trinajstić information content (AvgIpc) is 2.85. The van der Waals surface area contributed by atoms with Gasteiger partial charge in [0.1, 0.15) is 0 Å². The van der Waals surface area contributed by atoms with Crippen molar-refractivity contribution in [3.8, 4) is 0 Å². The van der Waals surface area contributed by atoms with E-state index in [4.69, 9.17) is 0 Å². The lowest BCUT2D eigenvalue weighted by atomic mass is 9.82. The van der Waals surface area contributed by atoms with Crippen LogP contribution in [0.4, 0.5) is 0 Å². The van der Waals surface area contributed by atoms with Crippen LogP contribution >= 0.6 is 0 Å². The number of hydrogen-bond acceptors (Lipinski definition) is 5. The molecule has 6 nitrogen and oxygen atoms in total. The number of rotatable bonds is 2. The number of carbonyl (C=O) groups excluding carboxylic acids is 3. The Balaban J connectivity index is 2.00. The Bertz CT molecular complexity index is 689. The summed E-state index contributed by atoms with van der Waals surface area (Å²) in [6.45, 7) is 0. The van der Waals surface area contributed by atoms with Crippen LogP contribution in [0.2, 0.25) is 0 Å².